The zero-order valence-corrected chi connectivity index (χ0v) is 17.3. The summed E-state index contributed by atoms with van der Waals surface area (Å²) in [5.41, 5.74) is 5.13. The Morgan fingerprint density at radius 3 is 2.45 bits per heavy atom. The largest absolute Gasteiger partial charge is 0.496 e. The van der Waals surface area contributed by atoms with Crippen molar-refractivity contribution < 1.29 is 32.9 Å². The number of halogens is 2. The molecule has 0 spiro atoms. The van der Waals surface area contributed by atoms with Gasteiger partial charge in [-0.1, -0.05) is 0 Å². The van der Waals surface area contributed by atoms with Crippen molar-refractivity contribution in [3.8, 4) is 28.5 Å². The predicted octanol–water partition coefficient (Wildman–Crippen LogP) is 2.64. The molecule has 0 bridgehead atoms. The lowest BCUT2D eigenvalue weighted by Gasteiger charge is -2.26. The zero-order valence-electron chi connectivity index (χ0n) is 17.3. The maximum atomic E-state index is 12.9. The zero-order chi connectivity index (χ0) is 22.9. The van der Waals surface area contributed by atoms with Crippen LogP contribution in [0, 0.1) is 0 Å². The van der Waals surface area contributed by atoms with Crippen molar-refractivity contribution in [3.63, 3.8) is 0 Å². The van der Waals surface area contributed by atoms with Gasteiger partial charge in [0, 0.05) is 11.6 Å². The van der Waals surface area contributed by atoms with Crippen LogP contribution < -0.4 is 19.9 Å². The van der Waals surface area contributed by atoms with Gasteiger partial charge in [0.15, 0.2) is 5.65 Å². The van der Waals surface area contributed by atoms with Crippen molar-refractivity contribution in [2.45, 2.75) is 39.1 Å². The lowest BCUT2D eigenvalue weighted by molar-refractivity contribution is -0.0502. The number of alkyl halides is 2. The number of methoxy groups -OCH3 is 1. The molecule has 0 saturated carbocycles. The van der Waals surface area contributed by atoms with Crippen LogP contribution in [0.4, 0.5) is 8.78 Å². The molecule has 3 rings (SSSR count). The smallest absolute Gasteiger partial charge is 0.387 e. The highest BCUT2D eigenvalue weighted by Gasteiger charge is 2.25. The molecule has 0 aliphatic rings. The second-order valence-corrected chi connectivity index (χ2v) is 7.31. The van der Waals surface area contributed by atoms with E-state index >= 15 is 0 Å². The van der Waals surface area contributed by atoms with Gasteiger partial charge < -0.3 is 25.1 Å². The van der Waals surface area contributed by atoms with Crippen LogP contribution in [0.3, 0.4) is 0 Å². The first-order valence-corrected chi connectivity index (χ1v) is 9.21. The number of hydrogen-bond acceptors (Lipinski definition) is 7. The van der Waals surface area contributed by atoms with E-state index in [1.54, 1.807) is 26.8 Å². The minimum Gasteiger partial charge on any atom is -0.496 e. The van der Waals surface area contributed by atoms with E-state index in [2.05, 4.69) is 14.8 Å². The molecule has 0 fully saturated rings. The summed E-state index contributed by atoms with van der Waals surface area (Å²) in [6.45, 7) is 1.80. The van der Waals surface area contributed by atoms with Gasteiger partial charge in [0.25, 0.3) is 5.91 Å². The molecule has 1 aromatic carbocycles. The number of carbonyl (C=O) groups is 1. The van der Waals surface area contributed by atoms with Gasteiger partial charge in [-0.3, -0.25) is 4.79 Å². The van der Waals surface area contributed by atoms with E-state index in [4.69, 9.17) is 15.2 Å². The monoisotopic (exact) mass is 436 g/mol. The number of benzene rings is 1. The second-order valence-electron chi connectivity index (χ2n) is 7.31. The number of fused-ring (bicyclic) bond motifs is 1. The standard InChI is InChI=1S/C20H22F2N4O5/c1-10(20(2,3)28)30-12-7-16-24-9-13(26(16)25-8-12)11-5-14(29-4)17(18(23)27)15(6-11)31-19(21)22/h5-10,19,28H,1-4H3,(H2,23,27). The summed E-state index contributed by atoms with van der Waals surface area (Å²) in [6, 6.07) is 4.30. The Kier molecular flexibility index (Phi) is 5.98. The fourth-order valence-corrected chi connectivity index (χ4v) is 2.80. The van der Waals surface area contributed by atoms with Crippen LogP contribution in [-0.2, 0) is 0 Å². The average molecular weight is 436 g/mol. The Labute approximate surface area is 176 Å². The van der Waals surface area contributed by atoms with Crippen LogP contribution in [0.15, 0.2) is 30.6 Å². The highest BCUT2D eigenvalue weighted by Crippen LogP contribution is 2.36. The van der Waals surface area contributed by atoms with Gasteiger partial charge in [0.05, 0.1) is 30.8 Å². The fourth-order valence-electron chi connectivity index (χ4n) is 2.80. The van der Waals surface area contributed by atoms with Gasteiger partial charge in [-0.2, -0.15) is 13.9 Å². The van der Waals surface area contributed by atoms with E-state index in [0.717, 1.165) is 0 Å². The molecule has 2 aromatic heterocycles. The molecule has 1 atom stereocenters. The second kappa shape index (κ2) is 8.34. The molecule has 31 heavy (non-hydrogen) atoms. The molecule has 1 amide bonds. The number of aliphatic hydroxyl groups is 1. The Balaban J connectivity index is 2.06. The molecule has 0 saturated heterocycles. The van der Waals surface area contributed by atoms with Gasteiger partial charge in [-0.05, 0) is 32.9 Å². The van der Waals surface area contributed by atoms with Crippen LogP contribution in [0.1, 0.15) is 31.1 Å². The molecule has 11 heteroatoms. The van der Waals surface area contributed by atoms with Crippen molar-refractivity contribution in [1.29, 1.82) is 0 Å². The number of aromatic nitrogens is 3. The third-order valence-corrected chi connectivity index (χ3v) is 4.69. The summed E-state index contributed by atoms with van der Waals surface area (Å²) in [6.07, 6.45) is 2.40. The van der Waals surface area contributed by atoms with Crippen LogP contribution in [0.2, 0.25) is 0 Å². The van der Waals surface area contributed by atoms with E-state index in [0.29, 0.717) is 22.7 Å². The Bertz CT molecular complexity index is 1110. The number of primary amides is 1. The molecule has 1 unspecified atom stereocenters. The maximum absolute atomic E-state index is 12.9. The first-order chi connectivity index (χ1) is 14.5. The molecular formula is C20H22F2N4O5. The summed E-state index contributed by atoms with van der Waals surface area (Å²) in [5, 5.41) is 14.3. The molecule has 0 radical (unpaired) electrons. The molecule has 3 N–H and O–H groups in total. The Morgan fingerprint density at radius 2 is 1.87 bits per heavy atom. The summed E-state index contributed by atoms with van der Waals surface area (Å²) >= 11 is 0. The van der Waals surface area contributed by atoms with E-state index < -0.39 is 30.0 Å². The van der Waals surface area contributed by atoms with Crippen molar-refractivity contribution in [2.75, 3.05) is 7.11 Å². The molecule has 0 aliphatic heterocycles. The third kappa shape index (κ3) is 4.66. The molecule has 0 aliphatic carbocycles. The van der Waals surface area contributed by atoms with Crippen LogP contribution in [0.5, 0.6) is 17.2 Å². The summed E-state index contributed by atoms with van der Waals surface area (Å²) in [4.78, 5) is 16.0. The molecule has 9 nitrogen and oxygen atoms in total. The Hall–Kier alpha value is -3.47. The topological polar surface area (TPSA) is 121 Å². The van der Waals surface area contributed by atoms with E-state index in [1.165, 1.54) is 36.2 Å². The highest BCUT2D eigenvalue weighted by atomic mass is 19.3. The van der Waals surface area contributed by atoms with Crippen LogP contribution in [-0.4, -0.2) is 51.0 Å². The first-order valence-electron chi connectivity index (χ1n) is 9.21. The lowest BCUT2D eigenvalue weighted by Crippen LogP contribution is -2.37. The highest BCUT2D eigenvalue weighted by molar-refractivity contribution is 5.99. The van der Waals surface area contributed by atoms with Gasteiger partial charge in [-0.25, -0.2) is 9.50 Å². The SMILES string of the molecule is COc1cc(-c2cnc3cc(OC(C)C(C)(C)O)cnn23)cc(OC(F)F)c1C(N)=O. The predicted molar refractivity (Wildman–Crippen MR) is 107 cm³/mol. The Morgan fingerprint density at radius 1 is 1.19 bits per heavy atom. The number of rotatable bonds is 8. The average Bonchev–Trinajstić information content (AvgIpc) is 3.09. The van der Waals surface area contributed by atoms with Gasteiger partial charge in [0.2, 0.25) is 0 Å². The molecular weight excluding hydrogens is 414 g/mol. The van der Waals surface area contributed by atoms with Gasteiger partial charge in [0.1, 0.15) is 28.9 Å². The van der Waals surface area contributed by atoms with Gasteiger partial charge in [-0.15, -0.1) is 0 Å². The van der Waals surface area contributed by atoms with Crippen molar-refractivity contribution >= 4 is 11.6 Å². The summed E-state index contributed by atoms with van der Waals surface area (Å²) in [7, 11) is 1.28. The minimum atomic E-state index is -3.17. The number of hydrogen-bond donors (Lipinski definition) is 2. The summed E-state index contributed by atoms with van der Waals surface area (Å²) < 4.78 is 42.6. The molecule has 3 aromatic rings. The summed E-state index contributed by atoms with van der Waals surface area (Å²) in [5.74, 6) is -1.04. The number of imidazole rings is 1. The number of carbonyl (C=O) groups excluding carboxylic acids is 1. The van der Waals surface area contributed by atoms with Gasteiger partial charge >= 0.3 is 6.61 Å². The van der Waals surface area contributed by atoms with E-state index in [9.17, 15) is 18.7 Å². The number of nitrogens with zero attached hydrogens (tertiary/aromatic N) is 3. The van der Waals surface area contributed by atoms with E-state index in [1.807, 2.05) is 0 Å². The number of nitrogens with two attached hydrogens (primary N) is 1. The van der Waals surface area contributed by atoms with Crippen LogP contribution in [0.25, 0.3) is 16.9 Å². The van der Waals surface area contributed by atoms with Crippen molar-refractivity contribution in [1.82, 2.24) is 14.6 Å². The molecule has 2 heterocycles. The maximum Gasteiger partial charge on any atom is 0.387 e. The van der Waals surface area contributed by atoms with Crippen molar-refractivity contribution in [3.05, 3.63) is 36.2 Å². The number of ether oxygens (including phenoxy) is 3. The number of amides is 1. The van der Waals surface area contributed by atoms with Crippen LogP contribution >= 0.6 is 0 Å². The van der Waals surface area contributed by atoms with Crippen molar-refractivity contribution in [2.24, 2.45) is 5.73 Å². The normalized spacial score (nSPS) is 12.8. The fraction of sp³-hybridized carbons (Fsp3) is 0.350. The minimum absolute atomic E-state index is 0.0328. The van der Waals surface area contributed by atoms with E-state index in [-0.39, 0.29) is 11.3 Å². The third-order valence-electron chi connectivity index (χ3n) is 4.69. The molecule has 166 valence electrons. The first kappa shape index (κ1) is 22.2. The lowest BCUT2D eigenvalue weighted by atomic mass is 10.0. The quantitative estimate of drug-likeness (QED) is 0.557.